The second kappa shape index (κ2) is 8.38. The molecule has 2 heterocycles. The van der Waals surface area contributed by atoms with Gasteiger partial charge in [-0.05, 0) is 42.8 Å². The van der Waals surface area contributed by atoms with Crippen LogP contribution in [0.1, 0.15) is 12.5 Å². The van der Waals surface area contributed by atoms with Crippen molar-refractivity contribution in [1.82, 2.24) is 4.68 Å². The minimum absolute atomic E-state index is 0.0168. The molecule has 2 N–H and O–H groups in total. The van der Waals surface area contributed by atoms with Gasteiger partial charge in [0, 0.05) is 10.9 Å². The van der Waals surface area contributed by atoms with Gasteiger partial charge in [0.15, 0.2) is 6.61 Å². The lowest BCUT2D eigenvalue weighted by Crippen LogP contribution is -2.25. The highest BCUT2D eigenvalue weighted by Crippen LogP contribution is 2.32. The maximum atomic E-state index is 11.7. The van der Waals surface area contributed by atoms with Crippen molar-refractivity contribution in [2.24, 2.45) is 10.1 Å². The van der Waals surface area contributed by atoms with Gasteiger partial charge in [-0.1, -0.05) is 24.3 Å². The summed E-state index contributed by atoms with van der Waals surface area (Å²) < 4.78 is 7.19. The zero-order chi connectivity index (χ0) is 21.1. The van der Waals surface area contributed by atoms with Crippen molar-refractivity contribution in [3.05, 3.63) is 70.4 Å². The Morgan fingerprint density at radius 1 is 1.37 bits per heavy atom. The summed E-state index contributed by atoms with van der Waals surface area (Å²) in [5.74, 6) is 0.625. The van der Waals surface area contributed by atoms with Gasteiger partial charge in [0.05, 0.1) is 24.1 Å². The van der Waals surface area contributed by atoms with Gasteiger partial charge in [0.2, 0.25) is 4.80 Å². The molecule has 1 aliphatic heterocycles. The minimum Gasteiger partial charge on any atom is -0.508 e. The van der Waals surface area contributed by atoms with Gasteiger partial charge in [0.1, 0.15) is 11.5 Å². The average molecular weight is 420 g/mol. The first-order chi connectivity index (χ1) is 14.5. The first-order valence-electron chi connectivity index (χ1n) is 9.25. The Hall–Kier alpha value is -3.65. The highest BCUT2D eigenvalue weighted by atomic mass is 32.1. The van der Waals surface area contributed by atoms with E-state index in [1.54, 1.807) is 29.1 Å². The molecule has 152 valence electrons. The number of aromatic hydroxyl groups is 1. The lowest BCUT2D eigenvalue weighted by molar-refractivity contribution is -0.118. The van der Waals surface area contributed by atoms with Crippen molar-refractivity contribution in [3.8, 4) is 22.8 Å². The summed E-state index contributed by atoms with van der Waals surface area (Å²) in [6, 6.07) is 12.5. The first-order valence-corrected chi connectivity index (χ1v) is 10.1. The van der Waals surface area contributed by atoms with Crippen molar-refractivity contribution in [1.29, 1.82) is 0 Å². The Balaban J connectivity index is 1.78. The van der Waals surface area contributed by atoms with E-state index in [2.05, 4.69) is 22.0 Å². The summed E-state index contributed by atoms with van der Waals surface area (Å²) in [6.45, 7) is 6.34. The number of nitrogens with zero attached hydrogens (tertiary/aromatic N) is 3. The Morgan fingerprint density at radius 3 is 3.03 bits per heavy atom. The largest absolute Gasteiger partial charge is 0.508 e. The van der Waals surface area contributed by atoms with Gasteiger partial charge in [0.25, 0.3) is 5.91 Å². The van der Waals surface area contributed by atoms with Gasteiger partial charge in [-0.2, -0.15) is 5.10 Å². The third kappa shape index (κ3) is 4.33. The van der Waals surface area contributed by atoms with Crippen LogP contribution in [0.3, 0.4) is 0 Å². The summed E-state index contributed by atoms with van der Waals surface area (Å²) in [7, 11) is 0. The van der Waals surface area contributed by atoms with Crippen LogP contribution >= 0.6 is 11.3 Å². The number of phenolic OH excluding ortho intramolecular Hbond substituents is 1. The van der Waals surface area contributed by atoms with Crippen LogP contribution in [0.4, 0.5) is 5.69 Å². The van der Waals surface area contributed by atoms with Crippen molar-refractivity contribution in [3.63, 3.8) is 0 Å². The normalized spacial score (nSPS) is 13.8. The molecule has 3 aromatic rings. The van der Waals surface area contributed by atoms with Crippen molar-refractivity contribution < 1.29 is 14.6 Å². The number of anilines is 1. The lowest BCUT2D eigenvalue weighted by atomic mass is 10.1. The summed E-state index contributed by atoms with van der Waals surface area (Å²) in [5, 5.41) is 19.1. The maximum absolute atomic E-state index is 11.7. The summed E-state index contributed by atoms with van der Waals surface area (Å²) >= 11 is 1.46. The van der Waals surface area contributed by atoms with E-state index >= 15 is 0 Å². The van der Waals surface area contributed by atoms with Gasteiger partial charge in [-0.15, -0.1) is 11.3 Å². The zero-order valence-corrected chi connectivity index (χ0v) is 17.1. The number of thiazole rings is 1. The zero-order valence-electron chi connectivity index (χ0n) is 16.3. The molecule has 0 saturated carbocycles. The molecule has 0 atom stereocenters. The van der Waals surface area contributed by atoms with Crippen molar-refractivity contribution in [2.45, 2.75) is 6.92 Å². The van der Waals surface area contributed by atoms with E-state index < -0.39 is 0 Å². The smallest absolute Gasteiger partial charge is 0.262 e. The Kier molecular flexibility index (Phi) is 5.49. The number of rotatable bonds is 5. The van der Waals surface area contributed by atoms with Gasteiger partial charge in [-0.3, -0.25) is 9.79 Å². The van der Waals surface area contributed by atoms with Crippen LogP contribution in [-0.2, 0) is 4.79 Å². The highest BCUT2D eigenvalue weighted by molar-refractivity contribution is 7.07. The van der Waals surface area contributed by atoms with E-state index in [9.17, 15) is 9.90 Å². The summed E-state index contributed by atoms with van der Waals surface area (Å²) in [5.41, 5.74) is 4.01. The molecule has 8 heteroatoms. The molecule has 1 amide bonds. The third-order valence-electron chi connectivity index (χ3n) is 4.27. The molecule has 0 unspecified atom stereocenters. The van der Waals surface area contributed by atoms with Gasteiger partial charge in [-0.25, -0.2) is 4.68 Å². The van der Waals surface area contributed by atoms with Crippen LogP contribution in [0.2, 0.25) is 0 Å². The van der Waals surface area contributed by atoms with E-state index in [1.165, 1.54) is 11.3 Å². The molecule has 0 saturated heterocycles. The van der Waals surface area contributed by atoms with Crippen LogP contribution in [0.15, 0.2) is 70.1 Å². The van der Waals surface area contributed by atoms with Crippen molar-refractivity contribution in [2.75, 3.05) is 18.5 Å². The highest BCUT2D eigenvalue weighted by Gasteiger charge is 2.17. The van der Waals surface area contributed by atoms with Crippen LogP contribution in [-0.4, -0.2) is 35.1 Å². The monoisotopic (exact) mass is 420 g/mol. The Labute approximate surface area is 177 Å². The molecule has 0 bridgehead atoms. The number of fused-ring (bicyclic) bond motifs is 1. The number of aromatic nitrogens is 1. The molecular weight excluding hydrogens is 400 g/mol. The Morgan fingerprint density at radius 2 is 2.23 bits per heavy atom. The molecule has 0 aliphatic carbocycles. The number of hydrogen-bond donors (Lipinski definition) is 2. The summed E-state index contributed by atoms with van der Waals surface area (Å²) in [4.78, 5) is 17.0. The van der Waals surface area contributed by atoms with E-state index in [1.807, 2.05) is 36.6 Å². The fraction of sp³-hybridized carbons (Fsp3) is 0.136. The molecule has 0 spiro atoms. The molecule has 0 radical (unpaired) electrons. The topological polar surface area (TPSA) is 88.2 Å². The number of nitrogens with one attached hydrogen (secondary N) is 1. The number of carbonyl (C=O) groups is 1. The second-order valence-corrected chi connectivity index (χ2v) is 7.71. The predicted molar refractivity (Wildman–Crippen MR) is 118 cm³/mol. The van der Waals surface area contributed by atoms with Gasteiger partial charge < -0.3 is 15.2 Å². The van der Waals surface area contributed by atoms with Crippen molar-refractivity contribution >= 4 is 29.1 Å². The maximum Gasteiger partial charge on any atom is 0.262 e. The molecule has 7 nitrogen and oxygen atoms in total. The molecule has 4 rings (SSSR count). The third-order valence-corrected chi connectivity index (χ3v) is 5.12. The van der Waals surface area contributed by atoms with E-state index in [4.69, 9.17) is 4.74 Å². The minimum atomic E-state index is -0.183. The molecule has 1 aromatic heterocycles. The Bertz CT molecular complexity index is 1220. The number of hydrogen-bond acceptors (Lipinski definition) is 6. The van der Waals surface area contributed by atoms with Crippen LogP contribution in [0.5, 0.6) is 11.5 Å². The number of phenols is 1. The van der Waals surface area contributed by atoms with E-state index in [-0.39, 0.29) is 18.3 Å². The second-order valence-electron chi connectivity index (χ2n) is 6.88. The number of amides is 1. The number of benzene rings is 2. The standard InChI is InChI=1S/C22H20N4O3S/c1-14(2)10-23-22-26(24-11-15-4-3-5-17(27)8-15)19(13-30-22)16-6-7-20-18(9-16)25-21(28)12-29-20/h3-9,11,13,27H,1,10,12H2,2H3,(H,25,28). The van der Waals surface area contributed by atoms with Crippen LogP contribution < -0.4 is 14.9 Å². The van der Waals surface area contributed by atoms with Crippen LogP contribution in [0, 0.1) is 0 Å². The molecule has 30 heavy (non-hydrogen) atoms. The number of carbonyl (C=O) groups excluding carboxylic acids is 1. The first kappa shape index (κ1) is 19.7. The SMILES string of the molecule is C=C(C)CN=c1scc(-c2ccc3c(c2)NC(=O)CO3)n1N=Cc1cccc(O)c1. The molecule has 1 aliphatic rings. The van der Waals surface area contributed by atoms with Crippen LogP contribution in [0.25, 0.3) is 11.3 Å². The van der Waals surface area contributed by atoms with Gasteiger partial charge >= 0.3 is 0 Å². The molecule has 2 aromatic carbocycles. The summed E-state index contributed by atoms with van der Waals surface area (Å²) in [6.07, 6.45) is 1.67. The molecule has 0 fully saturated rings. The number of ether oxygens (including phenoxy) is 1. The van der Waals surface area contributed by atoms with E-state index in [0.29, 0.717) is 22.8 Å². The fourth-order valence-corrected chi connectivity index (χ4v) is 3.73. The predicted octanol–water partition coefficient (Wildman–Crippen LogP) is 3.61. The average Bonchev–Trinajstić information content (AvgIpc) is 3.13. The molecular formula is C22H20N4O3S. The van der Waals surface area contributed by atoms with E-state index in [0.717, 1.165) is 22.4 Å². The fourth-order valence-electron chi connectivity index (χ4n) is 2.89. The lowest BCUT2D eigenvalue weighted by Gasteiger charge is -2.18. The quantitative estimate of drug-likeness (QED) is 0.488.